The van der Waals surface area contributed by atoms with Crippen molar-refractivity contribution in [2.75, 3.05) is 5.32 Å². The lowest BCUT2D eigenvalue weighted by molar-refractivity contribution is 0.475. The lowest BCUT2D eigenvalue weighted by Crippen LogP contribution is -2.07. The number of hydrogen-bond donors (Lipinski definition) is 2. The van der Waals surface area contributed by atoms with Crippen molar-refractivity contribution < 1.29 is 9.50 Å². The Balaban J connectivity index is 2.15. The molecule has 1 atom stereocenters. The van der Waals surface area contributed by atoms with Gasteiger partial charge in [0.05, 0.1) is 5.69 Å². The van der Waals surface area contributed by atoms with Crippen LogP contribution < -0.4 is 5.32 Å². The predicted octanol–water partition coefficient (Wildman–Crippen LogP) is 4.36. The van der Waals surface area contributed by atoms with E-state index in [2.05, 4.69) is 5.32 Å². The predicted molar refractivity (Wildman–Crippen MR) is 71.6 cm³/mol. The van der Waals surface area contributed by atoms with Crippen LogP contribution in [0, 0.1) is 5.82 Å². The van der Waals surface area contributed by atoms with Gasteiger partial charge in [-0.05, 0) is 42.8 Å². The van der Waals surface area contributed by atoms with E-state index in [4.69, 9.17) is 11.6 Å². The van der Waals surface area contributed by atoms with Gasteiger partial charge >= 0.3 is 0 Å². The Kier molecular flexibility index (Phi) is 3.72. The third-order valence-electron chi connectivity index (χ3n) is 2.70. The molecule has 0 aliphatic carbocycles. The molecule has 2 aromatic carbocycles. The number of phenolic OH excluding ortho intramolecular Hbond substituents is 1. The van der Waals surface area contributed by atoms with E-state index in [-0.39, 0.29) is 17.6 Å². The van der Waals surface area contributed by atoms with E-state index in [1.165, 1.54) is 6.07 Å². The molecular weight excluding hydrogens is 253 g/mol. The van der Waals surface area contributed by atoms with Crippen LogP contribution in [0.15, 0.2) is 42.5 Å². The third-order valence-corrected chi connectivity index (χ3v) is 2.93. The van der Waals surface area contributed by atoms with Crippen LogP contribution in [0.4, 0.5) is 10.1 Å². The van der Waals surface area contributed by atoms with E-state index in [0.29, 0.717) is 10.7 Å². The first-order valence-electron chi connectivity index (χ1n) is 5.57. The molecule has 18 heavy (non-hydrogen) atoms. The van der Waals surface area contributed by atoms with Gasteiger partial charge in [-0.3, -0.25) is 0 Å². The molecule has 0 radical (unpaired) electrons. The minimum Gasteiger partial charge on any atom is -0.508 e. The van der Waals surface area contributed by atoms with E-state index in [0.717, 1.165) is 5.56 Å². The van der Waals surface area contributed by atoms with Crippen LogP contribution in [0.2, 0.25) is 5.02 Å². The first-order valence-corrected chi connectivity index (χ1v) is 5.94. The van der Waals surface area contributed by atoms with Crippen molar-refractivity contribution in [1.82, 2.24) is 0 Å². The topological polar surface area (TPSA) is 32.3 Å². The highest BCUT2D eigenvalue weighted by molar-refractivity contribution is 6.30. The summed E-state index contributed by atoms with van der Waals surface area (Å²) in [6.07, 6.45) is 0. The number of phenols is 1. The lowest BCUT2D eigenvalue weighted by Gasteiger charge is -2.16. The van der Waals surface area contributed by atoms with Gasteiger partial charge in [0, 0.05) is 11.1 Å². The zero-order valence-corrected chi connectivity index (χ0v) is 10.6. The van der Waals surface area contributed by atoms with Gasteiger partial charge in [-0.15, -0.1) is 0 Å². The van der Waals surface area contributed by atoms with E-state index in [9.17, 15) is 9.50 Å². The highest BCUT2D eigenvalue weighted by atomic mass is 35.5. The minimum atomic E-state index is -0.381. The zero-order chi connectivity index (χ0) is 13.1. The summed E-state index contributed by atoms with van der Waals surface area (Å²) in [6, 6.07) is 11.2. The van der Waals surface area contributed by atoms with Crippen molar-refractivity contribution in [3.8, 4) is 5.75 Å². The molecule has 0 fully saturated rings. The number of anilines is 1. The van der Waals surface area contributed by atoms with E-state index in [1.807, 2.05) is 6.92 Å². The Morgan fingerprint density at radius 2 is 1.83 bits per heavy atom. The summed E-state index contributed by atoms with van der Waals surface area (Å²) in [5, 5.41) is 12.6. The first-order chi connectivity index (χ1) is 8.56. The van der Waals surface area contributed by atoms with Gasteiger partial charge in [0.25, 0.3) is 0 Å². The van der Waals surface area contributed by atoms with Crippen LogP contribution >= 0.6 is 11.6 Å². The number of hydrogen-bond acceptors (Lipinski definition) is 2. The van der Waals surface area contributed by atoms with Gasteiger partial charge < -0.3 is 10.4 Å². The molecule has 0 saturated heterocycles. The molecule has 0 aromatic heterocycles. The molecule has 0 aliphatic heterocycles. The minimum absolute atomic E-state index is 0.0683. The van der Waals surface area contributed by atoms with Crippen LogP contribution in [0.3, 0.4) is 0 Å². The van der Waals surface area contributed by atoms with Crippen molar-refractivity contribution in [3.05, 3.63) is 58.9 Å². The Hall–Kier alpha value is -1.74. The Bertz CT molecular complexity index is 542. The second-order valence-corrected chi connectivity index (χ2v) is 4.52. The molecule has 4 heteroatoms. The summed E-state index contributed by atoms with van der Waals surface area (Å²) < 4.78 is 13.6. The molecule has 0 spiro atoms. The highest BCUT2D eigenvalue weighted by Crippen LogP contribution is 2.24. The molecular formula is C14H13ClFNO. The largest absolute Gasteiger partial charge is 0.508 e. The maximum atomic E-state index is 13.6. The fourth-order valence-corrected chi connectivity index (χ4v) is 1.84. The Morgan fingerprint density at radius 1 is 1.17 bits per heavy atom. The summed E-state index contributed by atoms with van der Waals surface area (Å²) in [5.41, 5.74) is 1.36. The van der Waals surface area contributed by atoms with Crippen LogP contribution in [-0.4, -0.2) is 5.11 Å². The summed E-state index contributed by atoms with van der Waals surface area (Å²) in [4.78, 5) is 0. The van der Waals surface area contributed by atoms with Gasteiger partial charge in [-0.25, -0.2) is 4.39 Å². The Labute approximate surface area is 110 Å². The van der Waals surface area contributed by atoms with Crippen LogP contribution in [-0.2, 0) is 0 Å². The normalized spacial score (nSPS) is 12.2. The number of benzene rings is 2. The van der Waals surface area contributed by atoms with Crippen molar-refractivity contribution in [1.29, 1.82) is 0 Å². The molecule has 2 nitrogen and oxygen atoms in total. The van der Waals surface area contributed by atoms with Gasteiger partial charge in [0.2, 0.25) is 0 Å². The maximum Gasteiger partial charge on any atom is 0.147 e. The molecule has 2 N–H and O–H groups in total. The molecule has 94 valence electrons. The number of halogens is 2. The average Bonchev–Trinajstić information content (AvgIpc) is 2.33. The first kappa shape index (κ1) is 12.7. The van der Waals surface area contributed by atoms with Crippen molar-refractivity contribution in [2.45, 2.75) is 13.0 Å². The quantitative estimate of drug-likeness (QED) is 0.864. The SMILES string of the molecule is CC(Nc1ccc(Cl)cc1F)c1ccc(O)cc1. The van der Waals surface area contributed by atoms with Gasteiger partial charge in [0.15, 0.2) is 0 Å². The smallest absolute Gasteiger partial charge is 0.147 e. The third kappa shape index (κ3) is 2.93. The molecule has 0 bridgehead atoms. The zero-order valence-electron chi connectivity index (χ0n) is 9.82. The number of nitrogens with one attached hydrogen (secondary N) is 1. The average molecular weight is 266 g/mol. The maximum absolute atomic E-state index is 13.6. The van der Waals surface area contributed by atoms with Gasteiger partial charge in [-0.2, -0.15) is 0 Å². The Morgan fingerprint density at radius 3 is 2.44 bits per heavy atom. The van der Waals surface area contributed by atoms with Gasteiger partial charge in [-0.1, -0.05) is 23.7 Å². The molecule has 1 unspecified atom stereocenters. The van der Waals surface area contributed by atoms with Crippen molar-refractivity contribution in [3.63, 3.8) is 0 Å². The van der Waals surface area contributed by atoms with Crippen molar-refractivity contribution >= 4 is 17.3 Å². The van der Waals surface area contributed by atoms with E-state index in [1.54, 1.807) is 36.4 Å². The molecule has 0 saturated carbocycles. The summed E-state index contributed by atoms with van der Waals surface area (Å²) in [6.45, 7) is 1.92. The summed E-state index contributed by atoms with van der Waals surface area (Å²) in [5.74, 6) is -0.170. The van der Waals surface area contributed by atoms with E-state index < -0.39 is 0 Å². The van der Waals surface area contributed by atoms with E-state index >= 15 is 0 Å². The molecule has 0 heterocycles. The van der Waals surface area contributed by atoms with Crippen molar-refractivity contribution in [2.24, 2.45) is 0 Å². The second-order valence-electron chi connectivity index (χ2n) is 4.08. The monoisotopic (exact) mass is 265 g/mol. The fraction of sp³-hybridized carbons (Fsp3) is 0.143. The standard InChI is InChI=1S/C14H13ClFNO/c1-9(10-2-5-12(18)6-3-10)17-14-7-4-11(15)8-13(14)16/h2-9,17-18H,1H3. The lowest BCUT2D eigenvalue weighted by atomic mass is 10.1. The van der Waals surface area contributed by atoms with Crippen LogP contribution in [0.1, 0.15) is 18.5 Å². The van der Waals surface area contributed by atoms with Crippen LogP contribution in [0.25, 0.3) is 0 Å². The molecule has 2 aromatic rings. The summed E-state index contributed by atoms with van der Waals surface area (Å²) >= 11 is 5.69. The molecule has 0 amide bonds. The summed E-state index contributed by atoms with van der Waals surface area (Å²) in [7, 11) is 0. The second kappa shape index (κ2) is 5.27. The molecule has 2 rings (SSSR count). The van der Waals surface area contributed by atoms with Gasteiger partial charge in [0.1, 0.15) is 11.6 Å². The highest BCUT2D eigenvalue weighted by Gasteiger charge is 2.08. The fourth-order valence-electron chi connectivity index (χ4n) is 1.69. The number of rotatable bonds is 3. The molecule has 0 aliphatic rings. The number of aromatic hydroxyl groups is 1. The van der Waals surface area contributed by atoms with Crippen LogP contribution in [0.5, 0.6) is 5.75 Å².